The molecular formula is C10H16N4O. The average molecular weight is 208 g/mol. The Morgan fingerprint density at radius 1 is 1.67 bits per heavy atom. The molecule has 2 amide bonds. The van der Waals surface area contributed by atoms with Crippen LogP contribution in [0.4, 0.5) is 16.3 Å². The third-order valence-electron chi connectivity index (χ3n) is 2.21. The Morgan fingerprint density at radius 3 is 2.87 bits per heavy atom. The molecule has 0 aliphatic carbocycles. The van der Waals surface area contributed by atoms with Gasteiger partial charge in [-0.05, 0) is 25.5 Å². The molecule has 82 valence electrons. The van der Waals surface area contributed by atoms with Crippen molar-refractivity contribution in [1.82, 2.24) is 9.88 Å². The molecule has 0 saturated carbocycles. The summed E-state index contributed by atoms with van der Waals surface area (Å²) in [5.74, 6) is 0.520. The van der Waals surface area contributed by atoms with E-state index in [4.69, 9.17) is 5.73 Å². The fourth-order valence-electron chi connectivity index (χ4n) is 0.984. The van der Waals surface area contributed by atoms with Gasteiger partial charge in [0, 0.05) is 13.6 Å². The van der Waals surface area contributed by atoms with Crippen LogP contribution in [0.15, 0.2) is 12.3 Å². The van der Waals surface area contributed by atoms with Crippen LogP contribution in [-0.2, 0) is 0 Å². The first-order valence-corrected chi connectivity index (χ1v) is 4.78. The van der Waals surface area contributed by atoms with E-state index in [0.29, 0.717) is 18.1 Å². The summed E-state index contributed by atoms with van der Waals surface area (Å²) < 4.78 is 0. The summed E-state index contributed by atoms with van der Waals surface area (Å²) in [5.41, 5.74) is 7.14. The number of urea groups is 1. The van der Waals surface area contributed by atoms with Crippen molar-refractivity contribution in [2.75, 3.05) is 24.6 Å². The molecule has 0 aliphatic rings. The van der Waals surface area contributed by atoms with Crippen molar-refractivity contribution in [3.63, 3.8) is 0 Å². The van der Waals surface area contributed by atoms with Gasteiger partial charge in [-0.2, -0.15) is 0 Å². The molecule has 5 heteroatoms. The van der Waals surface area contributed by atoms with E-state index in [1.54, 1.807) is 18.0 Å². The van der Waals surface area contributed by atoms with E-state index < -0.39 is 0 Å². The van der Waals surface area contributed by atoms with Gasteiger partial charge in [0.2, 0.25) is 0 Å². The van der Waals surface area contributed by atoms with Crippen molar-refractivity contribution < 1.29 is 4.79 Å². The molecule has 0 aliphatic heterocycles. The van der Waals surface area contributed by atoms with Gasteiger partial charge >= 0.3 is 6.03 Å². The summed E-state index contributed by atoms with van der Waals surface area (Å²) in [7, 11) is 1.72. The first-order chi connectivity index (χ1) is 7.04. The fraction of sp³-hybridized carbons (Fsp3) is 0.400. The zero-order valence-corrected chi connectivity index (χ0v) is 9.24. The van der Waals surface area contributed by atoms with Crippen LogP contribution in [0.2, 0.25) is 0 Å². The Labute approximate surface area is 89.3 Å². The summed E-state index contributed by atoms with van der Waals surface area (Å²) in [6.07, 6.45) is 1.54. The third kappa shape index (κ3) is 2.83. The van der Waals surface area contributed by atoms with Gasteiger partial charge in [-0.15, -0.1) is 0 Å². The second-order valence-electron chi connectivity index (χ2n) is 3.37. The van der Waals surface area contributed by atoms with Gasteiger partial charge in [-0.3, -0.25) is 5.32 Å². The van der Waals surface area contributed by atoms with Gasteiger partial charge in [-0.25, -0.2) is 9.78 Å². The van der Waals surface area contributed by atoms with Gasteiger partial charge in [0.15, 0.2) is 0 Å². The Morgan fingerprint density at radius 2 is 2.33 bits per heavy atom. The lowest BCUT2D eigenvalue weighted by Gasteiger charge is -2.15. The molecule has 3 N–H and O–H groups in total. The van der Waals surface area contributed by atoms with Crippen LogP contribution < -0.4 is 11.1 Å². The molecule has 5 nitrogen and oxygen atoms in total. The molecule has 0 fully saturated rings. The van der Waals surface area contributed by atoms with Crippen molar-refractivity contribution in [2.45, 2.75) is 13.8 Å². The van der Waals surface area contributed by atoms with Crippen molar-refractivity contribution in [3.05, 3.63) is 17.8 Å². The number of nitrogens with zero attached hydrogens (tertiary/aromatic N) is 2. The molecule has 1 aromatic heterocycles. The lowest BCUT2D eigenvalue weighted by atomic mass is 10.2. The summed E-state index contributed by atoms with van der Waals surface area (Å²) in [6.45, 7) is 4.43. The summed E-state index contributed by atoms with van der Waals surface area (Å²) in [6, 6.07) is 1.57. The molecule has 1 rings (SSSR count). The molecule has 1 heterocycles. The van der Waals surface area contributed by atoms with Gasteiger partial charge in [-0.1, -0.05) is 0 Å². The number of nitrogens with two attached hydrogens (primary N) is 1. The molecule has 0 spiro atoms. The summed E-state index contributed by atoms with van der Waals surface area (Å²) >= 11 is 0. The Bertz CT molecular complexity index is 364. The van der Waals surface area contributed by atoms with Crippen LogP contribution in [0.25, 0.3) is 0 Å². The van der Waals surface area contributed by atoms with Crippen molar-refractivity contribution >= 4 is 17.5 Å². The van der Waals surface area contributed by atoms with E-state index in [9.17, 15) is 4.79 Å². The van der Waals surface area contributed by atoms with E-state index in [1.165, 1.54) is 6.20 Å². The number of nitrogens with one attached hydrogen (secondary N) is 1. The maximum atomic E-state index is 11.5. The average Bonchev–Trinajstić information content (AvgIpc) is 2.22. The SMILES string of the molecule is CCN(C)C(=O)Nc1cc(C)c(N)cn1. The van der Waals surface area contributed by atoms with Gasteiger partial charge in [0.1, 0.15) is 5.82 Å². The lowest BCUT2D eigenvalue weighted by Crippen LogP contribution is -2.31. The van der Waals surface area contributed by atoms with E-state index in [-0.39, 0.29) is 6.03 Å². The van der Waals surface area contributed by atoms with E-state index in [2.05, 4.69) is 10.3 Å². The first-order valence-electron chi connectivity index (χ1n) is 4.78. The minimum atomic E-state index is -0.172. The number of nitrogen functional groups attached to an aromatic ring is 1. The molecule has 1 aromatic rings. The summed E-state index contributed by atoms with van der Waals surface area (Å²) in [4.78, 5) is 17.1. The molecule has 0 bridgehead atoms. The van der Waals surface area contributed by atoms with Crippen LogP contribution in [0, 0.1) is 6.92 Å². The minimum Gasteiger partial charge on any atom is -0.397 e. The predicted molar refractivity (Wildman–Crippen MR) is 60.7 cm³/mol. The van der Waals surface area contributed by atoms with Crippen LogP contribution in [0.3, 0.4) is 0 Å². The third-order valence-corrected chi connectivity index (χ3v) is 2.21. The standard InChI is InChI=1S/C10H16N4O/c1-4-14(3)10(15)13-9-5-7(2)8(11)6-12-9/h5-6H,4,11H2,1-3H3,(H,12,13,15). The Balaban J connectivity index is 2.73. The molecular weight excluding hydrogens is 192 g/mol. The number of amides is 2. The molecule has 15 heavy (non-hydrogen) atoms. The number of hydrogen-bond acceptors (Lipinski definition) is 3. The minimum absolute atomic E-state index is 0.172. The van der Waals surface area contributed by atoms with Gasteiger partial charge < -0.3 is 10.6 Å². The largest absolute Gasteiger partial charge is 0.397 e. The number of hydrogen-bond donors (Lipinski definition) is 2. The zero-order valence-electron chi connectivity index (χ0n) is 9.24. The first kappa shape index (κ1) is 11.3. The van der Waals surface area contributed by atoms with Crippen LogP contribution in [0.1, 0.15) is 12.5 Å². The number of carbonyl (C=O) groups excluding carboxylic acids is 1. The topological polar surface area (TPSA) is 71.2 Å². The fourth-order valence-corrected chi connectivity index (χ4v) is 0.984. The highest BCUT2D eigenvalue weighted by molar-refractivity contribution is 5.88. The maximum Gasteiger partial charge on any atom is 0.322 e. The second kappa shape index (κ2) is 4.63. The van der Waals surface area contributed by atoms with Crippen molar-refractivity contribution in [1.29, 1.82) is 0 Å². The van der Waals surface area contributed by atoms with Crippen molar-refractivity contribution in [2.24, 2.45) is 0 Å². The number of aromatic nitrogens is 1. The number of anilines is 2. The highest BCUT2D eigenvalue weighted by Gasteiger charge is 2.07. The van der Waals surface area contributed by atoms with Crippen molar-refractivity contribution in [3.8, 4) is 0 Å². The number of pyridine rings is 1. The van der Waals surface area contributed by atoms with Crippen LogP contribution >= 0.6 is 0 Å². The molecule has 0 radical (unpaired) electrons. The smallest absolute Gasteiger partial charge is 0.322 e. The van der Waals surface area contributed by atoms with Gasteiger partial charge in [0.05, 0.1) is 11.9 Å². The Kier molecular flexibility index (Phi) is 3.49. The molecule has 0 aromatic carbocycles. The normalized spacial score (nSPS) is 9.80. The van der Waals surface area contributed by atoms with E-state index in [0.717, 1.165) is 5.56 Å². The number of rotatable bonds is 2. The van der Waals surface area contributed by atoms with Crippen LogP contribution in [0.5, 0.6) is 0 Å². The van der Waals surface area contributed by atoms with Crippen LogP contribution in [-0.4, -0.2) is 29.5 Å². The monoisotopic (exact) mass is 208 g/mol. The maximum absolute atomic E-state index is 11.5. The summed E-state index contributed by atoms with van der Waals surface area (Å²) in [5, 5.41) is 2.68. The zero-order chi connectivity index (χ0) is 11.4. The molecule has 0 unspecified atom stereocenters. The quantitative estimate of drug-likeness (QED) is 0.772. The number of carbonyl (C=O) groups is 1. The highest BCUT2D eigenvalue weighted by atomic mass is 16.2. The highest BCUT2D eigenvalue weighted by Crippen LogP contribution is 2.13. The molecule has 0 atom stereocenters. The predicted octanol–water partition coefficient (Wildman–Crippen LogP) is 1.46. The lowest BCUT2D eigenvalue weighted by molar-refractivity contribution is 0.224. The van der Waals surface area contributed by atoms with E-state index >= 15 is 0 Å². The molecule has 0 saturated heterocycles. The van der Waals surface area contributed by atoms with Gasteiger partial charge in [0.25, 0.3) is 0 Å². The van der Waals surface area contributed by atoms with E-state index in [1.807, 2.05) is 13.8 Å². The number of aryl methyl sites for hydroxylation is 1. The Hall–Kier alpha value is -1.78. The second-order valence-corrected chi connectivity index (χ2v) is 3.37.